The van der Waals surface area contributed by atoms with E-state index in [1.54, 1.807) is 6.92 Å². The Morgan fingerprint density at radius 1 is 1.00 bits per heavy atom. The monoisotopic (exact) mass is 406 g/mol. The second-order valence-electron chi connectivity index (χ2n) is 8.43. The summed E-state index contributed by atoms with van der Waals surface area (Å²) >= 11 is 0. The molecule has 0 bridgehead atoms. The minimum atomic E-state index is -0.346. The lowest BCUT2D eigenvalue weighted by Gasteiger charge is -2.22. The third kappa shape index (κ3) is 6.06. The first-order valence-electron chi connectivity index (χ1n) is 11.2. The molecule has 1 saturated carbocycles. The first-order valence-corrected chi connectivity index (χ1v) is 11.2. The third-order valence-corrected chi connectivity index (χ3v) is 6.08. The summed E-state index contributed by atoms with van der Waals surface area (Å²) in [6.07, 6.45) is 8.91. The molecule has 2 aromatic carbocycles. The number of hydrogen-bond acceptors (Lipinski definition) is 3. The highest BCUT2D eigenvalue weighted by atomic mass is 16.5. The summed E-state index contributed by atoms with van der Waals surface area (Å²) in [7, 11) is 0. The molecule has 2 aromatic rings. The van der Waals surface area contributed by atoms with Crippen LogP contribution in [0.25, 0.3) is 11.1 Å². The van der Waals surface area contributed by atoms with Gasteiger partial charge in [-0.2, -0.15) is 0 Å². The van der Waals surface area contributed by atoms with Gasteiger partial charge in [-0.25, -0.2) is 4.79 Å². The minimum Gasteiger partial charge on any atom is -0.462 e. The number of hydrogen-bond donors (Lipinski definition) is 1. The Bertz CT molecular complexity index is 845. The van der Waals surface area contributed by atoms with Crippen LogP contribution in [0, 0.1) is 0 Å². The molecule has 160 valence electrons. The second kappa shape index (κ2) is 11.1. The van der Waals surface area contributed by atoms with E-state index in [1.165, 1.54) is 59.9 Å². The summed E-state index contributed by atoms with van der Waals surface area (Å²) in [4.78, 5) is 11.7. The van der Waals surface area contributed by atoms with Crippen LogP contribution in [0.2, 0.25) is 0 Å². The van der Waals surface area contributed by atoms with Gasteiger partial charge in [-0.05, 0) is 66.3 Å². The Balaban J connectivity index is 1.75. The van der Waals surface area contributed by atoms with Crippen molar-refractivity contribution >= 4 is 5.97 Å². The average molecular weight is 407 g/mol. The van der Waals surface area contributed by atoms with Crippen LogP contribution in [0.4, 0.5) is 0 Å². The summed E-state index contributed by atoms with van der Waals surface area (Å²) in [6, 6.07) is 15.6. The largest absolute Gasteiger partial charge is 0.462 e. The highest BCUT2D eigenvalue weighted by Crippen LogP contribution is 2.34. The zero-order valence-electron chi connectivity index (χ0n) is 18.2. The van der Waals surface area contributed by atoms with Gasteiger partial charge in [-0.1, -0.05) is 68.3 Å². The average Bonchev–Trinajstić information content (AvgIpc) is 2.78. The fraction of sp³-hybridized carbons (Fsp3) is 0.444. The highest BCUT2D eigenvalue weighted by Gasteiger charge is 2.15. The predicted octanol–water partition coefficient (Wildman–Crippen LogP) is 5.99. The Kier molecular flexibility index (Phi) is 8.27. The van der Waals surface area contributed by atoms with Gasteiger partial charge in [-0.3, -0.25) is 0 Å². The molecule has 0 aliphatic heterocycles. The van der Waals surface area contributed by atoms with Gasteiger partial charge in [0.1, 0.15) is 0 Å². The summed E-state index contributed by atoms with van der Waals surface area (Å²) in [5.74, 6) is 0.369. The topological polar surface area (TPSA) is 46.5 Å². The van der Waals surface area contributed by atoms with E-state index in [2.05, 4.69) is 49.0 Å². The van der Waals surface area contributed by atoms with Crippen LogP contribution in [-0.4, -0.2) is 24.3 Å². The van der Waals surface area contributed by atoms with E-state index in [9.17, 15) is 9.90 Å². The van der Waals surface area contributed by atoms with Gasteiger partial charge in [0.2, 0.25) is 0 Å². The summed E-state index contributed by atoms with van der Waals surface area (Å²) in [6.45, 7) is 5.80. The number of esters is 1. The zero-order chi connectivity index (χ0) is 21.3. The van der Waals surface area contributed by atoms with Crippen LogP contribution in [0.15, 0.2) is 54.6 Å². The first-order chi connectivity index (χ1) is 14.6. The van der Waals surface area contributed by atoms with E-state index in [1.807, 2.05) is 0 Å². The molecule has 0 atom stereocenters. The molecule has 1 fully saturated rings. The van der Waals surface area contributed by atoms with Crippen molar-refractivity contribution in [2.24, 2.45) is 0 Å². The van der Waals surface area contributed by atoms with Crippen molar-refractivity contribution in [1.29, 1.82) is 0 Å². The van der Waals surface area contributed by atoms with E-state index < -0.39 is 0 Å². The fourth-order valence-corrected chi connectivity index (χ4v) is 4.31. The Morgan fingerprint density at radius 2 is 1.70 bits per heavy atom. The molecule has 0 heterocycles. The number of aliphatic hydroxyl groups excluding tert-OH is 1. The van der Waals surface area contributed by atoms with Crippen LogP contribution in [0.3, 0.4) is 0 Å². The van der Waals surface area contributed by atoms with Crippen molar-refractivity contribution < 1.29 is 14.6 Å². The number of ether oxygens (including phenoxy) is 1. The van der Waals surface area contributed by atoms with Crippen molar-refractivity contribution in [3.63, 3.8) is 0 Å². The molecule has 0 radical (unpaired) electrons. The lowest BCUT2D eigenvalue weighted by molar-refractivity contribution is -0.138. The van der Waals surface area contributed by atoms with Crippen LogP contribution < -0.4 is 0 Å². The van der Waals surface area contributed by atoms with Crippen LogP contribution in [0.1, 0.15) is 68.1 Å². The number of benzene rings is 2. The molecule has 3 heteroatoms. The normalized spacial score (nSPS) is 14.5. The summed E-state index contributed by atoms with van der Waals surface area (Å²) in [5.41, 5.74) is 6.65. The molecule has 0 amide bonds. The molecular weight excluding hydrogens is 372 g/mol. The standard InChI is InChI=1S/C27H34O3/c1-20(2)27(29)30-18-16-26-19-25(15-14-22(26)9-6-17-28)24-12-10-23(11-13-24)21-7-4-3-5-8-21/h10-15,19,21,28H,1,3-9,16-18H2,2H3. The molecule has 0 aromatic heterocycles. The van der Waals surface area contributed by atoms with Crippen molar-refractivity contribution in [2.45, 2.75) is 64.2 Å². The van der Waals surface area contributed by atoms with Crippen molar-refractivity contribution in [1.82, 2.24) is 0 Å². The van der Waals surface area contributed by atoms with E-state index in [4.69, 9.17) is 4.74 Å². The Labute approximate surface area is 180 Å². The predicted molar refractivity (Wildman–Crippen MR) is 123 cm³/mol. The first kappa shape index (κ1) is 22.3. The highest BCUT2D eigenvalue weighted by molar-refractivity contribution is 5.86. The Hall–Kier alpha value is -2.39. The van der Waals surface area contributed by atoms with E-state index in [0.717, 1.165) is 12.8 Å². The molecule has 3 nitrogen and oxygen atoms in total. The number of carbonyl (C=O) groups excluding carboxylic acids is 1. The SMILES string of the molecule is C=C(C)C(=O)OCCc1cc(-c2ccc(C3CCCCC3)cc2)ccc1CCCO. The summed E-state index contributed by atoms with van der Waals surface area (Å²) in [5, 5.41) is 9.22. The molecule has 0 unspecified atom stereocenters. The number of carbonyl (C=O) groups is 1. The van der Waals surface area contributed by atoms with Crippen molar-refractivity contribution in [3.05, 3.63) is 71.3 Å². The molecule has 1 aliphatic rings. The Morgan fingerprint density at radius 3 is 2.37 bits per heavy atom. The number of aryl methyl sites for hydroxylation is 1. The third-order valence-electron chi connectivity index (χ3n) is 6.08. The molecular formula is C27H34O3. The molecule has 0 spiro atoms. The van der Waals surface area contributed by atoms with Crippen molar-refractivity contribution in [3.8, 4) is 11.1 Å². The number of aliphatic hydroxyl groups is 1. The van der Waals surface area contributed by atoms with Crippen molar-refractivity contribution in [2.75, 3.05) is 13.2 Å². The number of rotatable bonds is 9. The maximum Gasteiger partial charge on any atom is 0.333 e. The minimum absolute atomic E-state index is 0.175. The van der Waals surface area contributed by atoms with Crippen LogP contribution >= 0.6 is 0 Å². The van der Waals surface area contributed by atoms with Crippen LogP contribution in [-0.2, 0) is 22.4 Å². The second-order valence-corrected chi connectivity index (χ2v) is 8.43. The van der Waals surface area contributed by atoms with Gasteiger partial charge < -0.3 is 9.84 Å². The fourth-order valence-electron chi connectivity index (χ4n) is 4.31. The maximum absolute atomic E-state index is 11.7. The molecule has 1 N–H and O–H groups in total. The lowest BCUT2D eigenvalue weighted by Crippen LogP contribution is -2.09. The van der Waals surface area contributed by atoms with Gasteiger partial charge in [0.15, 0.2) is 0 Å². The molecule has 3 rings (SSSR count). The van der Waals surface area contributed by atoms with E-state index in [0.29, 0.717) is 24.5 Å². The van der Waals surface area contributed by atoms with E-state index in [-0.39, 0.29) is 12.6 Å². The summed E-state index contributed by atoms with van der Waals surface area (Å²) < 4.78 is 5.31. The quantitative estimate of drug-likeness (QED) is 0.411. The molecule has 30 heavy (non-hydrogen) atoms. The van der Waals surface area contributed by atoms with Gasteiger partial charge in [-0.15, -0.1) is 0 Å². The molecule has 0 saturated heterocycles. The van der Waals surface area contributed by atoms with Gasteiger partial charge in [0.05, 0.1) is 6.61 Å². The molecule has 1 aliphatic carbocycles. The smallest absolute Gasteiger partial charge is 0.333 e. The van der Waals surface area contributed by atoms with Gasteiger partial charge >= 0.3 is 5.97 Å². The van der Waals surface area contributed by atoms with Gasteiger partial charge in [0, 0.05) is 18.6 Å². The van der Waals surface area contributed by atoms with Crippen LogP contribution in [0.5, 0.6) is 0 Å². The van der Waals surface area contributed by atoms with Gasteiger partial charge in [0.25, 0.3) is 0 Å². The van der Waals surface area contributed by atoms with E-state index >= 15 is 0 Å². The zero-order valence-corrected chi connectivity index (χ0v) is 18.2. The maximum atomic E-state index is 11.7. The lowest BCUT2D eigenvalue weighted by atomic mass is 9.83.